The van der Waals surface area contributed by atoms with E-state index < -0.39 is 0 Å². The average Bonchev–Trinajstić information content (AvgIpc) is 2.83. The smallest absolute Gasteiger partial charge is 0.160 e. The standard InChI is InChI=1S/C15H19Cl2N3O/c16-6-4-14-19-13-9-11(17)10-18-15(13)20(14)7-5-12-3-1-2-8-21-12/h9-10,12H,1-8H2. The Morgan fingerprint density at radius 1 is 1.38 bits per heavy atom. The second kappa shape index (κ2) is 6.95. The van der Waals surface area contributed by atoms with Crippen LogP contribution in [0.5, 0.6) is 0 Å². The topological polar surface area (TPSA) is 39.9 Å². The number of alkyl halides is 1. The minimum absolute atomic E-state index is 0.354. The van der Waals surface area contributed by atoms with Crippen LogP contribution in [0, 0.1) is 0 Å². The molecular formula is C15H19Cl2N3O. The highest BCUT2D eigenvalue weighted by atomic mass is 35.5. The molecule has 0 spiro atoms. The van der Waals surface area contributed by atoms with Gasteiger partial charge >= 0.3 is 0 Å². The van der Waals surface area contributed by atoms with Gasteiger partial charge in [-0.1, -0.05) is 11.6 Å². The number of imidazole rings is 1. The van der Waals surface area contributed by atoms with E-state index in [0.717, 1.165) is 49.4 Å². The van der Waals surface area contributed by atoms with Gasteiger partial charge in [0.15, 0.2) is 5.65 Å². The van der Waals surface area contributed by atoms with Crippen molar-refractivity contribution in [3.63, 3.8) is 0 Å². The zero-order valence-corrected chi connectivity index (χ0v) is 13.4. The van der Waals surface area contributed by atoms with Crippen LogP contribution >= 0.6 is 23.2 Å². The van der Waals surface area contributed by atoms with E-state index in [9.17, 15) is 0 Å². The number of ether oxygens (including phenoxy) is 1. The van der Waals surface area contributed by atoms with E-state index in [1.54, 1.807) is 6.20 Å². The average molecular weight is 328 g/mol. The summed E-state index contributed by atoms with van der Waals surface area (Å²) in [6, 6.07) is 1.86. The summed E-state index contributed by atoms with van der Waals surface area (Å²) in [5, 5.41) is 0.611. The van der Waals surface area contributed by atoms with Crippen molar-refractivity contribution in [3.05, 3.63) is 23.1 Å². The third-order valence-electron chi connectivity index (χ3n) is 3.90. The fourth-order valence-electron chi connectivity index (χ4n) is 2.85. The first-order valence-corrected chi connectivity index (χ1v) is 8.37. The van der Waals surface area contributed by atoms with Crippen molar-refractivity contribution in [1.29, 1.82) is 0 Å². The molecule has 1 saturated heterocycles. The third kappa shape index (κ3) is 3.50. The van der Waals surface area contributed by atoms with Gasteiger partial charge in [-0.05, 0) is 31.7 Å². The van der Waals surface area contributed by atoms with E-state index in [1.165, 1.54) is 12.8 Å². The van der Waals surface area contributed by atoms with Crippen molar-refractivity contribution in [2.75, 3.05) is 12.5 Å². The van der Waals surface area contributed by atoms with Crippen LogP contribution in [0.25, 0.3) is 11.2 Å². The number of halogens is 2. The number of rotatable bonds is 5. The maximum absolute atomic E-state index is 6.00. The van der Waals surface area contributed by atoms with Gasteiger partial charge in [0.05, 0.1) is 11.1 Å². The molecule has 1 fully saturated rings. The Labute approximate surface area is 134 Å². The number of pyridine rings is 1. The molecule has 0 bridgehead atoms. The minimum Gasteiger partial charge on any atom is -0.378 e. The first kappa shape index (κ1) is 15.1. The molecule has 2 aromatic heterocycles. The lowest BCUT2D eigenvalue weighted by Crippen LogP contribution is -2.21. The molecule has 4 nitrogen and oxygen atoms in total. The van der Waals surface area contributed by atoms with Gasteiger partial charge < -0.3 is 9.30 Å². The van der Waals surface area contributed by atoms with E-state index in [-0.39, 0.29) is 0 Å². The molecular weight excluding hydrogens is 309 g/mol. The SMILES string of the molecule is ClCCc1nc2cc(Cl)cnc2n1CCC1CCCCO1. The van der Waals surface area contributed by atoms with Crippen molar-refractivity contribution < 1.29 is 4.74 Å². The lowest BCUT2D eigenvalue weighted by Gasteiger charge is -2.23. The van der Waals surface area contributed by atoms with E-state index in [2.05, 4.69) is 14.5 Å². The zero-order chi connectivity index (χ0) is 14.7. The van der Waals surface area contributed by atoms with Gasteiger partial charge in [-0.25, -0.2) is 9.97 Å². The highest BCUT2D eigenvalue weighted by molar-refractivity contribution is 6.31. The number of aromatic nitrogens is 3. The summed E-state index contributed by atoms with van der Waals surface area (Å²) < 4.78 is 7.96. The van der Waals surface area contributed by atoms with Crippen molar-refractivity contribution in [2.45, 2.75) is 44.8 Å². The highest BCUT2D eigenvalue weighted by Gasteiger charge is 2.17. The van der Waals surface area contributed by atoms with Crippen molar-refractivity contribution in [3.8, 4) is 0 Å². The number of nitrogens with zero attached hydrogens (tertiary/aromatic N) is 3. The van der Waals surface area contributed by atoms with Gasteiger partial charge in [0.25, 0.3) is 0 Å². The quantitative estimate of drug-likeness (QED) is 0.783. The van der Waals surface area contributed by atoms with Gasteiger partial charge in [0.1, 0.15) is 11.3 Å². The molecule has 114 valence electrons. The van der Waals surface area contributed by atoms with Crippen LogP contribution in [0.15, 0.2) is 12.3 Å². The summed E-state index contributed by atoms with van der Waals surface area (Å²) in [7, 11) is 0. The Morgan fingerprint density at radius 2 is 2.29 bits per heavy atom. The van der Waals surface area contributed by atoms with Crippen LogP contribution in [0.4, 0.5) is 0 Å². The molecule has 2 aromatic rings. The predicted molar refractivity (Wildman–Crippen MR) is 85.2 cm³/mol. The normalized spacial score (nSPS) is 19.2. The van der Waals surface area contributed by atoms with Crippen molar-refractivity contribution in [2.24, 2.45) is 0 Å². The maximum Gasteiger partial charge on any atom is 0.160 e. The summed E-state index contributed by atoms with van der Waals surface area (Å²) >= 11 is 11.9. The summed E-state index contributed by atoms with van der Waals surface area (Å²) in [6.07, 6.45) is 7.35. The summed E-state index contributed by atoms with van der Waals surface area (Å²) in [5.74, 6) is 1.53. The molecule has 3 heterocycles. The molecule has 0 N–H and O–H groups in total. The maximum atomic E-state index is 6.00. The van der Waals surface area contributed by atoms with Crippen LogP contribution in [-0.2, 0) is 17.7 Å². The summed E-state index contributed by atoms with van der Waals surface area (Å²) in [5.41, 5.74) is 1.72. The predicted octanol–water partition coefficient (Wildman–Crippen LogP) is 3.83. The van der Waals surface area contributed by atoms with Gasteiger partial charge in [-0.3, -0.25) is 0 Å². The van der Waals surface area contributed by atoms with E-state index in [1.807, 2.05) is 6.07 Å². The molecule has 3 rings (SSSR count). The number of fused-ring (bicyclic) bond motifs is 1. The second-order valence-corrected chi connectivity index (χ2v) is 6.21. The van der Waals surface area contributed by atoms with Crippen LogP contribution in [-0.4, -0.2) is 33.1 Å². The Kier molecular flexibility index (Phi) is 4.99. The van der Waals surface area contributed by atoms with Crippen LogP contribution in [0.3, 0.4) is 0 Å². The lowest BCUT2D eigenvalue weighted by molar-refractivity contribution is 0.00885. The molecule has 0 saturated carbocycles. The molecule has 0 aromatic carbocycles. The van der Waals surface area contributed by atoms with Gasteiger partial charge in [-0.15, -0.1) is 11.6 Å². The van der Waals surface area contributed by atoms with Crippen LogP contribution in [0.1, 0.15) is 31.5 Å². The van der Waals surface area contributed by atoms with Gasteiger partial charge in [0.2, 0.25) is 0 Å². The summed E-state index contributed by atoms with van der Waals surface area (Å²) in [6.45, 7) is 1.75. The molecule has 0 aliphatic carbocycles. The van der Waals surface area contributed by atoms with Crippen LogP contribution in [0.2, 0.25) is 5.02 Å². The fourth-order valence-corrected chi connectivity index (χ4v) is 3.17. The molecule has 1 aliphatic heterocycles. The third-order valence-corrected chi connectivity index (χ3v) is 4.29. The van der Waals surface area contributed by atoms with Gasteiger partial charge in [0, 0.05) is 31.6 Å². The van der Waals surface area contributed by atoms with E-state index in [4.69, 9.17) is 27.9 Å². The molecule has 21 heavy (non-hydrogen) atoms. The molecule has 6 heteroatoms. The summed E-state index contributed by atoms with van der Waals surface area (Å²) in [4.78, 5) is 9.05. The Balaban J connectivity index is 1.82. The Bertz CT molecular complexity index is 608. The Morgan fingerprint density at radius 3 is 3.05 bits per heavy atom. The van der Waals surface area contributed by atoms with Gasteiger partial charge in [-0.2, -0.15) is 0 Å². The monoisotopic (exact) mass is 327 g/mol. The molecule has 0 amide bonds. The Hall–Kier alpha value is -0.840. The minimum atomic E-state index is 0.354. The second-order valence-electron chi connectivity index (χ2n) is 5.39. The number of hydrogen-bond acceptors (Lipinski definition) is 3. The highest BCUT2D eigenvalue weighted by Crippen LogP contribution is 2.21. The van der Waals surface area contributed by atoms with E-state index in [0.29, 0.717) is 17.0 Å². The van der Waals surface area contributed by atoms with E-state index >= 15 is 0 Å². The first-order valence-electron chi connectivity index (χ1n) is 7.46. The molecule has 1 aliphatic rings. The largest absolute Gasteiger partial charge is 0.378 e. The van der Waals surface area contributed by atoms with Crippen LogP contribution < -0.4 is 0 Å². The fraction of sp³-hybridized carbons (Fsp3) is 0.600. The molecule has 1 unspecified atom stereocenters. The number of aryl methyl sites for hydroxylation is 2. The lowest BCUT2D eigenvalue weighted by atomic mass is 10.1. The molecule has 0 radical (unpaired) electrons. The number of hydrogen-bond donors (Lipinski definition) is 0. The van der Waals surface area contributed by atoms with Crippen molar-refractivity contribution in [1.82, 2.24) is 14.5 Å². The zero-order valence-electron chi connectivity index (χ0n) is 11.9. The molecule has 1 atom stereocenters. The van der Waals surface area contributed by atoms with Crippen molar-refractivity contribution >= 4 is 34.4 Å². The first-order chi connectivity index (χ1) is 10.3.